The summed E-state index contributed by atoms with van der Waals surface area (Å²) in [5, 5.41) is 2.75. The molecule has 1 unspecified atom stereocenters. The fraction of sp³-hybridized carbons (Fsp3) is 0.200. The molecule has 2 aromatic rings. The molecule has 0 aliphatic carbocycles. The van der Waals surface area contributed by atoms with Gasteiger partial charge in [-0.3, -0.25) is 9.59 Å². The lowest BCUT2D eigenvalue weighted by Gasteiger charge is -2.11. The lowest BCUT2D eigenvalue weighted by Crippen LogP contribution is -2.31. The molecule has 20 heavy (non-hydrogen) atoms. The molecule has 1 atom stereocenters. The maximum Gasteiger partial charge on any atom is 0.256 e. The average Bonchev–Trinajstić information content (AvgIpc) is 2.45. The highest BCUT2D eigenvalue weighted by Gasteiger charge is 2.13. The van der Waals surface area contributed by atoms with Gasteiger partial charge < -0.3 is 10.3 Å². The van der Waals surface area contributed by atoms with Gasteiger partial charge in [-0.25, -0.2) is 0 Å². The maximum absolute atomic E-state index is 12.0. The molecule has 2 N–H and O–H groups in total. The number of nitrogens with one attached hydrogen (secondary N) is 2. The van der Waals surface area contributed by atoms with Gasteiger partial charge in [0.15, 0.2) is 5.43 Å². The van der Waals surface area contributed by atoms with E-state index in [2.05, 4.69) is 26.2 Å². The second kappa shape index (κ2) is 6.52. The molecule has 5 heteroatoms. The Morgan fingerprint density at radius 3 is 2.70 bits per heavy atom. The summed E-state index contributed by atoms with van der Waals surface area (Å²) in [6, 6.07) is 11.2. The lowest BCUT2D eigenvalue weighted by molar-refractivity contribution is 0.0952. The molecule has 1 aromatic carbocycles. The van der Waals surface area contributed by atoms with Crippen molar-refractivity contribution in [1.82, 2.24) is 10.3 Å². The van der Waals surface area contributed by atoms with Gasteiger partial charge in [0.05, 0.1) is 4.83 Å². The first kappa shape index (κ1) is 14.5. The van der Waals surface area contributed by atoms with Crippen LogP contribution in [0.4, 0.5) is 0 Å². The zero-order chi connectivity index (χ0) is 14.5. The third kappa shape index (κ3) is 3.57. The van der Waals surface area contributed by atoms with E-state index in [1.54, 1.807) is 6.92 Å². The van der Waals surface area contributed by atoms with E-state index < -0.39 is 0 Å². The van der Waals surface area contributed by atoms with Gasteiger partial charge in [-0.05, 0) is 12.5 Å². The molecule has 1 heterocycles. The highest BCUT2D eigenvalue weighted by Crippen LogP contribution is 2.20. The van der Waals surface area contributed by atoms with Crippen molar-refractivity contribution in [3.63, 3.8) is 0 Å². The van der Waals surface area contributed by atoms with Gasteiger partial charge in [-0.15, -0.1) is 0 Å². The summed E-state index contributed by atoms with van der Waals surface area (Å²) in [6.45, 7) is 2.18. The number of amides is 1. The van der Waals surface area contributed by atoms with Crippen molar-refractivity contribution in [1.29, 1.82) is 0 Å². The van der Waals surface area contributed by atoms with E-state index in [1.807, 2.05) is 30.3 Å². The molecule has 4 nitrogen and oxygen atoms in total. The number of halogens is 1. The number of carbonyl (C=O) groups excluding carboxylic acids is 1. The van der Waals surface area contributed by atoms with Gasteiger partial charge in [-0.2, -0.15) is 0 Å². The smallest absolute Gasteiger partial charge is 0.256 e. The Balaban J connectivity index is 2.00. The molecule has 0 radical (unpaired) electrons. The van der Waals surface area contributed by atoms with Gasteiger partial charge in [0.1, 0.15) is 5.56 Å². The maximum atomic E-state index is 12.0. The number of hydrogen-bond acceptors (Lipinski definition) is 2. The van der Waals surface area contributed by atoms with Crippen molar-refractivity contribution in [2.75, 3.05) is 6.54 Å². The molecule has 0 fully saturated rings. The van der Waals surface area contributed by atoms with E-state index in [0.717, 1.165) is 11.3 Å². The molecule has 0 aliphatic heterocycles. The Bertz CT molecular complexity index is 652. The Morgan fingerprint density at radius 2 is 2.05 bits per heavy atom. The average molecular weight is 335 g/mol. The number of H-pyrrole nitrogens is 1. The Kier molecular flexibility index (Phi) is 4.74. The Hall–Kier alpha value is -1.88. The van der Waals surface area contributed by atoms with E-state index >= 15 is 0 Å². The summed E-state index contributed by atoms with van der Waals surface area (Å²) in [4.78, 5) is 26.5. The molecular formula is C15H15BrN2O2. The second-order valence-electron chi connectivity index (χ2n) is 4.48. The first-order chi connectivity index (χ1) is 9.58. The highest BCUT2D eigenvalue weighted by atomic mass is 79.9. The van der Waals surface area contributed by atoms with Crippen LogP contribution in [0.25, 0.3) is 0 Å². The van der Waals surface area contributed by atoms with Crippen LogP contribution < -0.4 is 10.7 Å². The van der Waals surface area contributed by atoms with Gasteiger partial charge >= 0.3 is 0 Å². The predicted octanol–water partition coefficient (Wildman–Crippen LogP) is 2.55. The topological polar surface area (TPSA) is 62.0 Å². The summed E-state index contributed by atoms with van der Waals surface area (Å²) in [6.07, 6.45) is 1.44. The molecule has 0 saturated carbocycles. The summed E-state index contributed by atoms with van der Waals surface area (Å²) in [5.74, 6) is -0.369. The molecule has 1 aromatic heterocycles. The van der Waals surface area contributed by atoms with Gasteiger partial charge in [0.2, 0.25) is 0 Å². The fourth-order valence-electron chi connectivity index (χ4n) is 1.81. The van der Waals surface area contributed by atoms with Crippen molar-refractivity contribution in [2.24, 2.45) is 0 Å². The van der Waals surface area contributed by atoms with Crippen molar-refractivity contribution in [2.45, 2.75) is 11.8 Å². The molecule has 2 rings (SSSR count). The van der Waals surface area contributed by atoms with Crippen LogP contribution in [0.1, 0.15) is 26.4 Å². The Morgan fingerprint density at radius 1 is 1.35 bits per heavy atom. The number of aryl methyl sites for hydroxylation is 1. The molecular weight excluding hydrogens is 320 g/mol. The summed E-state index contributed by atoms with van der Waals surface area (Å²) in [5.41, 5.74) is 1.66. The SMILES string of the molecule is Cc1cc(=O)c(C(=O)NCC(Br)c2ccccc2)c[nH]1. The number of carbonyl (C=O) groups is 1. The third-order valence-corrected chi connectivity index (χ3v) is 3.76. The molecule has 0 spiro atoms. The molecule has 104 valence electrons. The highest BCUT2D eigenvalue weighted by molar-refractivity contribution is 9.09. The largest absolute Gasteiger partial charge is 0.364 e. The van der Waals surface area contributed by atoms with E-state index in [4.69, 9.17) is 0 Å². The molecule has 1 amide bonds. The van der Waals surface area contributed by atoms with Gasteiger partial charge in [-0.1, -0.05) is 46.3 Å². The van der Waals surface area contributed by atoms with Crippen LogP contribution in [0.15, 0.2) is 47.4 Å². The number of aromatic nitrogens is 1. The number of pyridine rings is 1. The minimum Gasteiger partial charge on any atom is -0.364 e. The summed E-state index contributed by atoms with van der Waals surface area (Å²) < 4.78 is 0. The number of alkyl halides is 1. The molecule has 0 bridgehead atoms. The van der Waals surface area contributed by atoms with Crippen LogP contribution in [-0.2, 0) is 0 Å². The number of benzene rings is 1. The first-order valence-electron chi connectivity index (χ1n) is 6.24. The van der Waals surface area contributed by atoms with Gasteiger partial charge in [0, 0.05) is 24.5 Å². The van der Waals surface area contributed by atoms with Crippen LogP contribution >= 0.6 is 15.9 Å². The van der Waals surface area contributed by atoms with E-state index in [1.165, 1.54) is 12.3 Å². The third-order valence-electron chi connectivity index (χ3n) is 2.90. The van der Waals surface area contributed by atoms with Crippen LogP contribution in [0.3, 0.4) is 0 Å². The lowest BCUT2D eigenvalue weighted by atomic mass is 10.1. The van der Waals surface area contributed by atoms with Crippen LogP contribution in [-0.4, -0.2) is 17.4 Å². The van der Waals surface area contributed by atoms with Gasteiger partial charge in [0.25, 0.3) is 5.91 Å². The number of aromatic amines is 1. The van der Waals surface area contributed by atoms with Crippen molar-refractivity contribution in [3.8, 4) is 0 Å². The zero-order valence-corrected chi connectivity index (χ0v) is 12.6. The van der Waals surface area contributed by atoms with E-state index in [-0.39, 0.29) is 21.7 Å². The van der Waals surface area contributed by atoms with Crippen molar-refractivity contribution >= 4 is 21.8 Å². The summed E-state index contributed by atoms with van der Waals surface area (Å²) >= 11 is 3.52. The second-order valence-corrected chi connectivity index (χ2v) is 5.59. The van der Waals surface area contributed by atoms with Crippen LogP contribution in [0.2, 0.25) is 0 Å². The standard InChI is InChI=1S/C15H15BrN2O2/c1-10-7-14(19)12(8-17-10)15(20)18-9-13(16)11-5-3-2-4-6-11/h2-8,13H,9H2,1H3,(H,17,19)(H,18,20). The first-order valence-corrected chi connectivity index (χ1v) is 7.16. The Labute approximate surface area is 125 Å². The minimum atomic E-state index is -0.369. The quantitative estimate of drug-likeness (QED) is 0.844. The van der Waals surface area contributed by atoms with E-state index in [0.29, 0.717) is 6.54 Å². The summed E-state index contributed by atoms with van der Waals surface area (Å²) in [7, 11) is 0. The zero-order valence-electron chi connectivity index (χ0n) is 11.0. The number of hydrogen-bond donors (Lipinski definition) is 2. The van der Waals surface area contributed by atoms with Crippen molar-refractivity contribution in [3.05, 3.63) is 69.6 Å². The van der Waals surface area contributed by atoms with Crippen molar-refractivity contribution < 1.29 is 4.79 Å². The normalized spacial score (nSPS) is 11.9. The molecule has 0 aliphatic rings. The van der Waals surface area contributed by atoms with Crippen LogP contribution in [0.5, 0.6) is 0 Å². The van der Waals surface area contributed by atoms with Crippen LogP contribution in [0, 0.1) is 6.92 Å². The predicted molar refractivity (Wildman–Crippen MR) is 82.2 cm³/mol. The minimum absolute atomic E-state index is 0.0113. The monoisotopic (exact) mass is 334 g/mol. The fourth-order valence-corrected chi connectivity index (χ4v) is 2.27. The number of rotatable bonds is 4. The molecule has 0 saturated heterocycles. The van der Waals surface area contributed by atoms with E-state index in [9.17, 15) is 9.59 Å².